The van der Waals surface area contributed by atoms with E-state index in [-0.39, 0.29) is 17.1 Å². The minimum absolute atomic E-state index is 0. The summed E-state index contributed by atoms with van der Waals surface area (Å²) in [6.07, 6.45) is 0. The molecule has 0 rings (SSSR count). The molecule has 0 bridgehead atoms. The van der Waals surface area contributed by atoms with Crippen LogP contribution in [-0.4, -0.2) is 7.11 Å². The third-order valence-corrected chi connectivity index (χ3v) is 0. The summed E-state index contributed by atoms with van der Waals surface area (Å²) in [4.78, 5) is 0. The first-order chi connectivity index (χ1) is 1.41. The van der Waals surface area contributed by atoms with Crippen LogP contribution in [0.2, 0.25) is 0 Å². The zero-order valence-electron chi connectivity index (χ0n) is 2.12. The normalized spacial score (nSPS) is 4.50. The van der Waals surface area contributed by atoms with E-state index in [1.807, 2.05) is 0 Å². The van der Waals surface area contributed by atoms with Gasteiger partial charge < -0.3 is 0 Å². The van der Waals surface area contributed by atoms with E-state index in [4.69, 9.17) is 0 Å². The van der Waals surface area contributed by atoms with E-state index in [2.05, 4.69) is 20.2 Å². The van der Waals surface area contributed by atoms with Crippen LogP contribution in [-0.2, 0) is 37.2 Å². The van der Waals surface area contributed by atoms with Gasteiger partial charge in [0, 0.05) is 17.1 Å². The molecule has 4 heavy (non-hydrogen) atoms. The van der Waals surface area contributed by atoms with Gasteiger partial charge in [0.15, 0.2) is 0 Å². The van der Waals surface area contributed by atoms with E-state index < -0.39 is 0 Å². The van der Waals surface area contributed by atoms with Crippen molar-refractivity contribution in [1.29, 1.82) is 0 Å². The number of hydrogen-bond donors (Lipinski definition) is 0. The topological polar surface area (TPSA) is 9.23 Å². The number of rotatable bonds is 0. The average molecular weight is 143 g/mol. The molecular formula is CH3Fe2O. The summed E-state index contributed by atoms with van der Waals surface area (Å²) in [5.41, 5.74) is 0. The first-order valence-electron chi connectivity index (χ1n) is 0.553. The molecule has 0 fully saturated rings. The molecule has 0 saturated heterocycles. The van der Waals surface area contributed by atoms with Crippen LogP contribution in [0.25, 0.3) is 0 Å². The smallest absolute Gasteiger partial charge is 0 e. The molecule has 0 aliphatic heterocycles. The molecule has 0 amide bonds. The predicted octanol–water partition coefficient (Wildman–Crippen LogP) is 0.0921. The van der Waals surface area contributed by atoms with Crippen molar-refractivity contribution in [2.45, 2.75) is 0 Å². The van der Waals surface area contributed by atoms with Crippen LogP contribution in [0, 0.1) is 0 Å². The van der Waals surface area contributed by atoms with E-state index >= 15 is 0 Å². The minimum atomic E-state index is 0. The summed E-state index contributed by atoms with van der Waals surface area (Å²) < 4.78 is 4.00. The van der Waals surface area contributed by atoms with Gasteiger partial charge in [0.2, 0.25) is 0 Å². The van der Waals surface area contributed by atoms with Crippen molar-refractivity contribution in [3.05, 3.63) is 0 Å². The summed E-state index contributed by atoms with van der Waals surface area (Å²) in [6, 6.07) is 0. The first-order valence-corrected chi connectivity index (χ1v) is 1.00. The molecule has 0 aliphatic rings. The van der Waals surface area contributed by atoms with E-state index in [1.165, 1.54) is 7.11 Å². The molecule has 0 N–H and O–H groups in total. The van der Waals surface area contributed by atoms with Gasteiger partial charge in [-0.25, -0.2) is 0 Å². The maximum absolute atomic E-state index is 4.00. The molecule has 0 aromatic rings. The molecule has 0 saturated carbocycles. The molecule has 0 aliphatic carbocycles. The number of hydrogen-bond acceptors (Lipinski definition) is 1. The molecule has 0 spiro atoms. The fraction of sp³-hybridized carbons (Fsp3) is 1.00. The van der Waals surface area contributed by atoms with Crippen LogP contribution in [0.3, 0.4) is 0 Å². The first kappa shape index (κ1) is 8.89. The summed E-state index contributed by atoms with van der Waals surface area (Å²) >= 11 is 2.99. The van der Waals surface area contributed by atoms with Crippen molar-refractivity contribution in [2.24, 2.45) is 0 Å². The standard InChI is InChI=1S/CH3O.2Fe/c1-2;;/h1H3;;/q-1;;+1. The Bertz CT molecular complexity index is 6.00. The summed E-state index contributed by atoms with van der Waals surface area (Å²) in [5.74, 6) is 0. The van der Waals surface area contributed by atoms with Gasteiger partial charge in [0.05, 0.1) is 0 Å². The van der Waals surface area contributed by atoms with Crippen LogP contribution >= 0.6 is 0 Å². The van der Waals surface area contributed by atoms with Crippen LogP contribution in [0.15, 0.2) is 0 Å². The summed E-state index contributed by atoms with van der Waals surface area (Å²) in [6.45, 7) is 0. The Balaban J connectivity index is 0. The van der Waals surface area contributed by atoms with Crippen molar-refractivity contribution in [2.75, 3.05) is 7.11 Å². The largest absolute Gasteiger partial charge is 0 e. The molecule has 1 nitrogen and oxygen atoms in total. The van der Waals surface area contributed by atoms with E-state index in [0.717, 1.165) is 0 Å². The molecular weight excluding hydrogens is 140 g/mol. The van der Waals surface area contributed by atoms with Crippen LogP contribution < -0.4 is 0 Å². The predicted molar refractivity (Wildman–Crippen MR) is 7.01 cm³/mol. The second-order valence-corrected chi connectivity index (χ2v) is 0.595. The van der Waals surface area contributed by atoms with Crippen molar-refractivity contribution in [1.82, 2.24) is 0 Å². The third kappa shape index (κ3) is 12.0. The second-order valence-electron chi connectivity index (χ2n) is 0.144. The average Bonchev–Trinajstić information content (AvgIpc) is 0.918. The maximum atomic E-state index is 4.00. The van der Waals surface area contributed by atoms with Gasteiger partial charge in [-0.1, -0.05) is 0 Å². The molecule has 0 unspecified atom stereocenters. The quantitative estimate of drug-likeness (QED) is 0.436. The Labute approximate surface area is 44.7 Å². The molecule has 3 heteroatoms. The zero-order valence-corrected chi connectivity index (χ0v) is 4.32. The third-order valence-electron chi connectivity index (χ3n) is 0. The molecule has 0 atom stereocenters. The fourth-order valence-corrected chi connectivity index (χ4v) is 0. The Kier molecular flexibility index (Phi) is 20.0. The Hall–Kier alpha value is 0.999. The van der Waals surface area contributed by atoms with E-state index in [1.54, 1.807) is 0 Å². The minimum Gasteiger partial charge on any atom is 0 e. The van der Waals surface area contributed by atoms with Crippen molar-refractivity contribution < 1.29 is 37.2 Å². The van der Waals surface area contributed by atoms with E-state index in [0.29, 0.717) is 0 Å². The van der Waals surface area contributed by atoms with Crippen LogP contribution in [0.1, 0.15) is 0 Å². The molecule has 0 aromatic heterocycles. The molecule has 0 radical (unpaired) electrons. The van der Waals surface area contributed by atoms with Gasteiger partial charge in [-0.15, -0.1) is 0 Å². The monoisotopic (exact) mass is 143 g/mol. The second kappa shape index (κ2) is 9.00. The molecule has 0 heterocycles. The van der Waals surface area contributed by atoms with Gasteiger partial charge in [-0.3, -0.25) is 0 Å². The van der Waals surface area contributed by atoms with Crippen molar-refractivity contribution in [3.8, 4) is 0 Å². The van der Waals surface area contributed by atoms with Gasteiger partial charge in [-0.05, 0) is 0 Å². The molecule has 0 aromatic carbocycles. The van der Waals surface area contributed by atoms with Crippen molar-refractivity contribution >= 4 is 0 Å². The van der Waals surface area contributed by atoms with Gasteiger partial charge in [-0.2, -0.15) is 0 Å². The maximum Gasteiger partial charge on any atom is 0 e. The Morgan fingerprint density at radius 1 is 1.75 bits per heavy atom. The van der Waals surface area contributed by atoms with Gasteiger partial charge in [0.25, 0.3) is 0 Å². The van der Waals surface area contributed by atoms with Crippen LogP contribution in [0.4, 0.5) is 0 Å². The SMILES string of the molecule is C[O][Fe].[Fe]. The fourth-order valence-electron chi connectivity index (χ4n) is 0. The van der Waals surface area contributed by atoms with Gasteiger partial charge >= 0.3 is 27.3 Å². The Morgan fingerprint density at radius 3 is 1.75 bits per heavy atom. The summed E-state index contributed by atoms with van der Waals surface area (Å²) in [5, 5.41) is 0. The van der Waals surface area contributed by atoms with E-state index in [9.17, 15) is 0 Å². The molecule has 29 valence electrons. The summed E-state index contributed by atoms with van der Waals surface area (Å²) in [7, 11) is 1.51. The van der Waals surface area contributed by atoms with Crippen molar-refractivity contribution in [3.63, 3.8) is 0 Å². The Morgan fingerprint density at radius 2 is 1.75 bits per heavy atom. The van der Waals surface area contributed by atoms with Gasteiger partial charge in [0.1, 0.15) is 0 Å². The zero-order chi connectivity index (χ0) is 2.71. The van der Waals surface area contributed by atoms with Crippen LogP contribution in [0.5, 0.6) is 0 Å².